The highest BCUT2D eigenvalue weighted by atomic mass is 35.5. The number of rotatable bonds is 4. The average molecular weight is 254 g/mol. The molecule has 17 heavy (non-hydrogen) atoms. The van der Waals surface area contributed by atoms with Crippen LogP contribution in [-0.4, -0.2) is 19.7 Å². The van der Waals surface area contributed by atoms with Crippen LogP contribution >= 0.6 is 11.6 Å². The number of ether oxygens (including phenoxy) is 1. The molecule has 1 aliphatic heterocycles. The van der Waals surface area contributed by atoms with Crippen molar-refractivity contribution in [1.29, 1.82) is 0 Å². The van der Waals surface area contributed by atoms with Gasteiger partial charge in [0.15, 0.2) is 0 Å². The Kier molecular flexibility index (Phi) is 4.69. The van der Waals surface area contributed by atoms with E-state index in [0.29, 0.717) is 6.04 Å². The van der Waals surface area contributed by atoms with Gasteiger partial charge in [-0.3, -0.25) is 0 Å². The third kappa shape index (κ3) is 3.62. The van der Waals surface area contributed by atoms with Crippen LogP contribution in [-0.2, 0) is 6.42 Å². The van der Waals surface area contributed by atoms with E-state index in [2.05, 4.69) is 5.32 Å². The van der Waals surface area contributed by atoms with Crippen LogP contribution in [0, 0.1) is 0 Å². The lowest BCUT2D eigenvalue weighted by atomic mass is 9.97. The number of benzene rings is 1. The van der Waals surface area contributed by atoms with Gasteiger partial charge < -0.3 is 10.1 Å². The SMILES string of the molecule is COc1ccc(Cl)cc1CCC1CCCCN1. The number of methoxy groups -OCH3 is 1. The van der Waals surface area contributed by atoms with Crippen molar-refractivity contribution >= 4 is 11.6 Å². The highest BCUT2D eigenvalue weighted by Gasteiger charge is 2.13. The Bertz CT molecular complexity index is 361. The molecule has 0 aliphatic carbocycles. The molecule has 0 spiro atoms. The Morgan fingerprint density at radius 3 is 3.00 bits per heavy atom. The van der Waals surface area contributed by atoms with Crippen molar-refractivity contribution < 1.29 is 4.74 Å². The second-order valence-corrected chi connectivity index (χ2v) is 5.08. The molecule has 0 radical (unpaired) electrons. The molecule has 1 N–H and O–H groups in total. The minimum Gasteiger partial charge on any atom is -0.496 e. The van der Waals surface area contributed by atoms with Crippen molar-refractivity contribution in [3.05, 3.63) is 28.8 Å². The smallest absolute Gasteiger partial charge is 0.122 e. The molecular formula is C14H20ClNO. The van der Waals surface area contributed by atoms with E-state index in [0.717, 1.165) is 30.2 Å². The van der Waals surface area contributed by atoms with Gasteiger partial charge in [0, 0.05) is 11.1 Å². The predicted octanol–water partition coefficient (Wildman–Crippen LogP) is 3.42. The molecule has 1 aliphatic rings. The predicted molar refractivity (Wildman–Crippen MR) is 72.0 cm³/mol. The summed E-state index contributed by atoms with van der Waals surface area (Å²) in [6.45, 7) is 1.16. The van der Waals surface area contributed by atoms with E-state index in [9.17, 15) is 0 Å². The molecule has 2 nitrogen and oxygen atoms in total. The van der Waals surface area contributed by atoms with Gasteiger partial charge in [-0.15, -0.1) is 0 Å². The Balaban J connectivity index is 1.95. The molecule has 0 saturated carbocycles. The Labute approximate surface area is 108 Å². The molecule has 1 aromatic rings. The molecule has 3 heteroatoms. The van der Waals surface area contributed by atoms with E-state index in [-0.39, 0.29) is 0 Å². The van der Waals surface area contributed by atoms with Crippen molar-refractivity contribution in [2.75, 3.05) is 13.7 Å². The third-order valence-electron chi connectivity index (χ3n) is 3.42. The van der Waals surface area contributed by atoms with Gasteiger partial charge in [0.1, 0.15) is 5.75 Å². The van der Waals surface area contributed by atoms with Crippen molar-refractivity contribution in [1.82, 2.24) is 5.32 Å². The minimum absolute atomic E-state index is 0.660. The molecule has 1 unspecified atom stereocenters. The summed E-state index contributed by atoms with van der Waals surface area (Å²) in [5.74, 6) is 0.949. The number of halogens is 1. The summed E-state index contributed by atoms with van der Waals surface area (Å²) in [6, 6.07) is 6.50. The molecule has 0 aromatic heterocycles. The lowest BCUT2D eigenvalue weighted by Crippen LogP contribution is -2.34. The summed E-state index contributed by atoms with van der Waals surface area (Å²) in [5.41, 5.74) is 1.22. The highest BCUT2D eigenvalue weighted by molar-refractivity contribution is 6.30. The van der Waals surface area contributed by atoms with Gasteiger partial charge in [-0.05, 0) is 56.0 Å². The summed E-state index contributed by atoms with van der Waals surface area (Å²) >= 11 is 6.02. The van der Waals surface area contributed by atoms with Gasteiger partial charge in [0.05, 0.1) is 7.11 Å². The van der Waals surface area contributed by atoms with Crippen LogP contribution in [0.3, 0.4) is 0 Å². The van der Waals surface area contributed by atoms with Gasteiger partial charge >= 0.3 is 0 Å². The summed E-state index contributed by atoms with van der Waals surface area (Å²) < 4.78 is 5.36. The van der Waals surface area contributed by atoms with Crippen LogP contribution in [0.25, 0.3) is 0 Å². The minimum atomic E-state index is 0.660. The first-order chi connectivity index (χ1) is 8.29. The number of hydrogen-bond acceptors (Lipinski definition) is 2. The quantitative estimate of drug-likeness (QED) is 0.888. The zero-order valence-electron chi connectivity index (χ0n) is 10.3. The molecule has 2 rings (SSSR count). The first-order valence-electron chi connectivity index (χ1n) is 6.35. The number of piperidine rings is 1. The summed E-state index contributed by atoms with van der Waals surface area (Å²) in [7, 11) is 1.71. The van der Waals surface area contributed by atoms with Crippen LogP contribution < -0.4 is 10.1 Å². The average Bonchev–Trinajstić information content (AvgIpc) is 2.38. The van der Waals surface area contributed by atoms with E-state index in [1.807, 2.05) is 18.2 Å². The Morgan fingerprint density at radius 2 is 2.29 bits per heavy atom. The summed E-state index contributed by atoms with van der Waals surface area (Å²) in [6.07, 6.45) is 6.16. The zero-order chi connectivity index (χ0) is 12.1. The molecule has 1 saturated heterocycles. The van der Waals surface area contributed by atoms with Crippen molar-refractivity contribution in [2.24, 2.45) is 0 Å². The second kappa shape index (κ2) is 6.27. The highest BCUT2D eigenvalue weighted by Crippen LogP contribution is 2.25. The van der Waals surface area contributed by atoms with Gasteiger partial charge in [0.25, 0.3) is 0 Å². The fourth-order valence-electron chi connectivity index (χ4n) is 2.44. The largest absolute Gasteiger partial charge is 0.496 e. The maximum Gasteiger partial charge on any atom is 0.122 e. The molecular weight excluding hydrogens is 234 g/mol. The van der Waals surface area contributed by atoms with Gasteiger partial charge in [-0.1, -0.05) is 18.0 Å². The first-order valence-corrected chi connectivity index (χ1v) is 6.73. The van der Waals surface area contributed by atoms with E-state index in [4.69, 9.17) is 16.3 Å². The zero-order valence-corrected chi connectivity index (χ0v) is 11.1. The standard InChI is InChI=1S/C14H20ClNO/c1-17-14-8-6-12(15)10-11(14)5-7-13-4-2-3-9-16-13/h6,8,10,13,16H,2-5,7,9H2,1H3. The summed E-state index contributed by atoms with van der Waals surface area (Å²) in [4.78, 5) is 0. The molecule has 1 fully saturated rings. The molecule has 94 valence electrons. The van der Waals surface area contributed by atoms with Gasteiger partial charge in [0.2, 0.25) is 0 Å². The number of nitrogens with one attached hydrogen (secondary N) is 1. The van der Waals surface area contributed by atoms with Crippen molar-refractivity contribution in [2.45, 2.75) is 38.1 Å². The normalized spacial score (nSPS) is 20.2. The fraction of sp³-hybridized carbons (Fsp3) is 0.571. The van der Waals surface area contributed by atoms with Crippen molar-refractivity contribution in [3.63, 3.8) is 0 Å². The maximum absolute atomic E-state index is 6.02. The Hall–Kier alpha value is -0.730. The van der Waals surface area contributed by atoms with Crippen LogP contribution in [0.2, 0.25) is 5.02 Å². The monoisotopic (exact) mass is 253 g/mol. The number of aryl methyl sites for hydroxylation is 1. The fourth-order valence-corrected chi connectivity index (χ4v) is 2.64. The molecule has 1 aromatic carbocycles. The first kappa shape index (κ1) is 12.7. The van der Waals surface area contributed by atoms with Crippen LogP contribution in [0.15, 0.2) is 18.2 Å². The Morgan fingerprint density at radius 1 is 1.41 bits per heavy atom. The second-order valence-electron chi connectivity index (χ2n) is 4.64. The lowest BCUT2D eigenvalue weighted by Gasteiger charge is -2.23. The topological polar surface area (TPSA) is 21.3 Å². The lowest BCUT2D eigenvalue weighted by molar-refractivity contribution is 0.376. The van der Waals surface area contributed by atoms with E-state index in [1.165, 1.54) is 24.8 Å². The van der Waals surface area contributed by atoms with E-state index >= 15 is 0 Å². The molecule has 0 amide bonds. The summed E-state index contributed by atoms with van der Waals surface area (Å²) in [5, 5.41) is 4.36. The van der Waals surface area contributed by atoms with Crippen LogP contribution in [0.1, 0.15) is 31.2 Å². The maximum atomic E-state index is 6.02. The van der Waals surface area contributed by atoms with E-state index < -0.39 is 0 Å². The van der Waals surface area contributed by atoms with Crippen LogP contribution in [0.5, 0.6) is 5.75 Å². The van der Waals surface area contributed by atoms with Gasteiger partial charge in [-0.25, -0.2) is 0 Å². The van der Waals surface area contributed by atoms with Crippen LogP contribution in [0.4, 0.5) is 0 Å². The molecule has 1 atom stereocenters. The van der Waals surface area contributed by atoms with Gasteiger partial charge in [-0.2, -0.15) is 0 Å². The third-order valence-corrected chi connectivity index (χ3v) is 3.65. The number of hydrogen-bond donors (Lipinski definition) is 1. The molecule has 1 heterocycles. The van der Waals surface area contributed by atoms with Crippen molar-refractivity contribution in [3.8, 4) is 5.75 Å². The molecule has 0 bridgehead atoms. The van der Waals surface area contributed by atoms with E-state index in [1.54, 1.807) is 7.11 Å².